The maximum Gasteiger partial charge on any atom is 0.419 e. The van der Waals surface area contributed by atoms with Gasteiger partial charge in [0.1, 0.15) is 11.3 Å². The molecular formula is C34H30F6N8O2. The lowest BCUT2D eigenvalue weighted by molar-refractivity contribution is -0.137. The Morgan fingerprint density at radius 1 is 0.840 bits per heavy atom. The van der Waals surface area contributed by atoms with Gasteiger partial charge in [0.2, 0.25) is 0 Å². The van der Waals surface area contributed by atoms with Crippen molar-refractivity contribution in [2.45, 2.75) is 25.4 Å². The van der Waals surface area contributed by atoms with Gasteiger partial charge in [0.15, 0.2) is 0 Å². The Labute approximate surface area is 279 Å². The van der Waals surface area contributed by atoms with Gasteiger partial charge in [-0.2, -0.15) is 26.3 Å². The molecule has 260 valence electrons. The first-order chi connectivity index (χ1) is 23.7. The third-order valence-corrected chi connectivity index (χ3v) is 9.06. The van der Waals surface area contributed by atoms with E-state index in [9.17, 15) is 35.9 Å². The number of nitrogens with one attached hydrogen (secondary N) is 1. The summed E-state index contributed by atoms with van der Waals surface area (Å²) < 4.78 is 90.5. The summed E-state index contributed by atoms with van der Waals surface area (Å²) in [6, 6.07) is 12.7. The van der Waals surface area contributed by atoms with E-state index in [-0.39, 0.29) is 45.5 Å². The molecule has 1 aliphatic heterocycles. The van der Waals surface area contributed by atoms with Crippen LogP contribution in [-0.4, -0.2) is 49.4 Å². The van der Waals surface area contributed by atoms with E-state index in [1.54, 1.807) is 11.0 Å². The smallest absolute Gasteiger partial charge is 0.383 e. The SMILES string of the molecule is Cn1c(=O)n(-c2ccc(N3CCNCC3)c(C(F)(F)F)c2)c2c3cc(-c4cnc(N)c(C(F)(F)F)c4)ccc3n(CCn3cccc3)c(=O)c21. The van der Waals surface area contributed by atoms with E-state index < -0.39 is 40.5 Å². The number of nitrogen functional groups attached to an aromatic ring is 1. The van der Waals surface area contributed by atoms with Gasteiger partial charge in [-0.3, -0.25) is 13.9 Å². The quantitative estimate of drug-likeness (QED) is 0.231. The standard InChI is InChI=1S/C34H30F6N8O2/c1-44-29-28(48(32(44)50)22-5-7-27(24(18-22)33(35,36)37)46-12-8-42-9-13-46)23-16-20(21-17-25(34(38,39)40)30(41)43-19-21)4-6-26(23)47(31(29)49)15-14-45-10-2-3-11-45/h2-7,10-11,16-19,42H,8-9,12-15H2,1H3,(H2,41,43). The Kier molecular flexibility index (Phi) is 8.00. The van der Waals surface area contributed by atoms with Gasteiger partial charge in [-0.25, -0.2) is 9.78 Å². The zero-order valence-electron chi connectivity index (χ0n) is 26.5. The minimum atomic E-state index is -4.79. The van der Waals surface area contributed by atoms with Crippen molar-refractivity contribution in [1.29, 1.82) is 0 Å². The van der Waals surface area contributed by atoms with Crippen molar-refractivity contribution >= 4 is 33.4 Å². The van der Waals surface area contributed by atoms with Gasteiger partial charge in [0.05, 0.1) is 27.8 Å². The van der Waals surface area contributed by atoms with Crippen LogP contribution in [0.15, 0.2) is 82.8 Å². The first kappa shape index (κ1) is 33.0. The Morgan fingerprint density at radius 3 is 2.22 bits per heavy atom. The molecule has 0 bridgehead atoms. The number of hydrogen-bond acceptors (Lipinski definition) is 6. The molecule has 1 aliphatic rings. The number of rotatable bonds is 6. The second kappa shape index (κ2) is 12.1. The zero-order chi connectivity index (χ0) is 35.5. The number of halogens is 6. The molecule has 4 aromatic heterocycles. The van der Waals surface area contributed by atoms with E-state index in [1.807, 2.05) is 29.1 Å². The van der Waals surface area contributed by atoms with Crippen LogP contribution >= 0.6 is 0 Å². The predicted molar refractivity (Wildman–Crippen MR) is 177 cm³/mol. The molecule has 0 spiro atoms. The Balaban J connectivity index is 1.51. The number of piperazine rings is 1. The number of alkyl halides is 6. The van der Waals surface area contributed by atoms with Crippen molar-refractivity contribution in [3.63, 3.8) is 0 Å². The fraction of sp³-hybridized carbons (Fsp3) is 0.265. The Bertz CT molecular complexity index is 2370. The first-order valence-electron chi connectivity index (χ1n) is 15.6. The van der Waals surface area contributed by atoms with Crippen LogP contribution in [0.2, 0.25) is 0 Å². The highest BCUT2D eigenvalue weighted by Crippen LogP contribution is 2.40. The molecule has 0 unspecified atom stereocenters. The third-order valence-electron chi connectivity index (χ3n) is 9.06. The number of nitrogens with two attached hydrogens (primary N) is 1. The largest absolute Gasteiger partial charge is 0.419 e. The second-order valence-corrected chi connectivity index (χ2v) is 12.1. The highest BCUT2D eigenvalue weighted by atomic mass is 19.4. The van der Waals surface area contributed by atoms with Crippen molar-refractivity contribution < 1.29 is 26.3 Å². The summed E-state index contributed by atoms with van der Waals surface area (Å²) in [5.74, 6) is -0.704. The predicted octanol–water partition coefficient (Wildman–Crippen LogP) is 5.24. The number of aromatic nitrogens is 5. The number of anilines is 2. The van der Waals surface area contributed by atoms with Crippen molar-refractivity contribution in [3.8, 4) is 16.8 Å². The molecule has 0 saturated carbocycles. The van der Waals surface area contributed by atoms with Crippen molar-refractivity contribution in [1.82, 2.24) is 28.6 Å². The average Bonchev–Trinajstić information content (AvgIpc) is 3.70. The first-order valence-corrected chi connectivity index (χ1v) is 15.6. The lowest BCUT2D eigenvalue weighted by atomic mass is 10.0. The minimum Gasteiger partial charge on any atom is -0.383 e. The molecule has 0 amide bonds. The van der Waals surface area contributed by atoms with Crippen molar-refractivity contribution in [2.75, 3.05) is 36.8 Å². The molecule has 1 saturated heterocycles. The van der Waals surface area contributed by atoms with Crippen LogP contribution in [0.25, 0.3) is 38.8 Å². The molecule has 7 rings (SSSR count). The third kappa shape index (κ3) is 5.68. The molecular weight excluding hydrogens is 666 g/mol. The minimum absolute atomic E-state index is 0.0130. The molecule has 1 fully saturated rings. The number of hydrogen-bond donors (Lipinski definition) is 2. The number of aryl methyl sites for hydroxylation is 3. The number of imidazole rings is 1. The van der Waals surface area contributed by atoms with Crippen molar-refractivity contribution in [3.05, 3.63) is 105 Å². The summed E-state index contributed by atoms with van der Waals surface area (Å²) in [5.41, 5.74) is 2.50. The van der Waals surface area contributed by atoms with E-state index in [0.717, 1.165) is 21.3 Å². The van der Waals surface area contributed by atoms with E-state index in [2.05, 4.69) is 10.3 Å². The monoisotopic (exact) mass is 696 g/mol. The number of fused-ring (bicyclic) bond motifs is 3. The molecule has 0 atom stereocenters. The molecule has 5 heterocycles. The van der Waals surface area contributed by atoms with Crippen LogP contribution in [0.1, 0.15) is 11.1 Å². The van der Waals surface area contributed by atoms with Gasteiger partial charge in [-0.15, -0.1) is 0 Å². The Morgan fingerprint density at radius 2 is 1.54 bits per heavy atom. The molecule has 16 heteroatoms. The molecule has 3 N–H and O–H groups in total. The van der Waals surface area contributed by atoms with E-state index in [0.29, 0.717) is 38.2 Å². The summed E-state index contributed by atoms with van der Waals surface area (Å²) >= 11 is 0. The fourth-order valence-electron chi connectivity index (χ4n) is 6.60. The van der Waals surface area contributed by atoms with Crippen LogP contribution in [0, 0.1) is 0 Å². The fourth-order valence-corrected chi connectivity index (χ4v) is 6.60. The molecule has 10 nitrogen and oxygen atoms in total. The molecule has 50 heavy (non-hydrogen) atoms. The summed E-state index contributed by atoms with van der Waals surface area (Å²) in [5, 5.41) is 3.37. The van der Waals surface area contributed by atoms with Crippen LogP contribution in [0.5, 0.6) is 0 Å². The summed E-state index contributed by atoms with van der Waals surface area (Å²) in [4.78, 5) is 33.5. The summed E-state index contributed by atoms with van der Waals surface area (Å²) in [7, 11) is 1.35. The molecule has 0 radical (unpaired) electrons. The van der Waals surface area contributed by atoms with Gasteiger partial charge in [0, 0.05) is 81.5 Å². The van der Waals surface area contributed by atoms with Gasteiger partial charge in [0.25, 0.3) is 5.56 Å². The number of pyridine rings is 2. The van der Waals surface area contributed by atoms with E-state index in [4.69, 9.17) is 5.73 Å². The lowest BCUT2D eigenvalue weighted by Gasteiger charge is -2.31. The highest BCUT2D eigenvalue weighted by molar-refractivity contribution is 6.05. The Hall–Kier alpha value is -5.51. The van der Waals surface area contributed by atoms with Crippen LogP contribution in [-0.2, 0) is 32.5 Å². The van der Waals surface area contributed by atoms with E-state index in [1.165, 1.54) is 42.1 Å². The van der Waals surface area contributed by atoms with Crippen molar-refractivity contribution in [2.24, 2.45) is 7.05 Å². The van der Waals surface area contributed by atoms with Crippen LogP contribution in [0.4, 0.5) is 37.8 Å². The highest BCUT2D eigenvalue weighted by Gasteiger charge is 2.37. The summed E-state index contributed by atoms with van der Waals surface area (Å²) in [6.07, 6.45) is -4.77. The summed E-state index contributed by atoms with van der Waals surface area (Å²) in [6.45, 7) is 2.22. The topological polar surface area (TPSA) is 108 Å². The zero-order valence-corrected chi connectivity index (χ0v) is 26.5. The maximum atomic E-state index is 14.6. The van der Waals surface area contributed by atoms with Gasteiger partial charge >= 0.3 is 18.0 Å². The van der Waals surface area contributed by atoms with Gasteiger partial charge in [-0.05, 0) is 54.1 Å². The van der Waals surface area contributed by atoms with E-state index >= 15 is 0 Å². The van der Waals surface area contributed by atoms with Crippen LogP contribution < -0.4 is 27.2 Å². The number of benzene rings is 2. The van der Waals surface area contributed by atoms with Gasteiger partial charge in [-0.1, -0.05) is 6.07 Å². The average molecular weight is 697 g/mol. The second-order valence-electron chi connectivity index (χ2n) is 12.1. The number of nitrogens with zero attached hydrogens (tertiary/aromatic N) is 6. The molecule has 0 aliphatic carbocycles. The van der Waals surface area contributed by atoms with Crippen LogP contribution in [0.3, 0.4) is 0 Å². The normalized spacial score (nSPS) is 14.3. The van der Waals surface area contributed by atoms with Gasteiger partial charge < -0.3 is 25.1 Å². The maximum absolute atomic E-state index is 14.6. The molecule has 6 aromatic rings. The lowest BCUT2D eigenvalue weighted by Crippen LogP contribution is -2.44. The molecule has 2 aromatic carbocycles.